The van der Waals surface area contributed by atoms with Crippen molar-refractivity contribution in [2.45, 2.75) is 6.42 Å². The van der Waals surface area contributed by atoms with Crippen LogP contribution in [0.3, 0.4) is 0 Å². The third-order valence-corrected chi connectivity index (χ3v) is 3.01. The van der Waals surface area contributed by atoms with Crippen molar-refractivity contribution in [3.8, 4) is 0 Å². The number of nitrogens with one attached hydrogen (secondary N) is 1. The lowest BCUT2D eigenvalue weighted by Gasteiger charge is -2.07. The Balaban J connectivity index is 2.08. The lowest BCUT2D eigenvalue weighted by Crippen LogP contribution is -2.18. The molecule has 0 radical (unpaired) electrons. The monoisotopic (exact) mass is 252 g/mol. The number of hydrogen-bond acceptors (Lipinski definition) is 4. The van der Waals surface area contributed by atoms with Crippen LogP contribution in [0.1, 0.15) is 11.4 Å². The number of fused-ring (bicyclic) bond motifs is 1. The van der Waals surface area contributed by atoms with Crippen molar-refractivity contribution in [3.63, 3.8) is 0 Å². The molecule has 1 aromatic heterocycles. The molecule has 1 aliphatic rings. The number of carbonyl (C=O) groups is 1. The van der Waals surface area contributed by atoms with Crippen LogP contribution in [0.5, 0.6) is 0 Å². The molecule has 0 aliphatic carbocycles. The minimum atomic E-state index is -0.526. The molecule has 19 heavy (non-hydrogen) atoms. The van der Waals surface area contributed by atoms with E-state index in [0.717, 1.165) is 16.9 Å². The number of primary amides is 1. The number of allylic oxidation sites excluding steroid dienone is 1. The number of hydrogen-bond donors (Lipinski definition) is 2. The van der Waals surface area contributed by atoms with Crippen LogP contribution in [-0.4, -0.2) is 15.9 Å². The molecule has 0 fully saturated rings. The third kappa shape index (κ3) is 2.06. The lowest BCUT2D eigenvalue weighted by atomic mass is 10.1. The molecule has 0 unspecified atom stereocenters. The fourth-order valence-electron chi connectivity index (χ4n) is 2.17. The second-order valence-corrected chi connectivity index (χ2v) is 4.25. The SMILES string of the molecule is NC(=O)/C(=C1/Cc2ccccc2N1)c1ncccn1. The zero-order valence-electron chi connectivity index (χ0n) is 10.1. The van der Waals surface area contributed by atoms with Gasteiger partial charge in [-0.2, -0.15) is 0 Å². The van der Waals surface area contributed by atoms with Crippen molar-refractivity contribution in [2.24, 2.45) is 5.73 Å². The smallest absolute Gasteiger partial charge is 0.254 e. The maximum atomic E-state index is 11.7. The highest BCUT2D eigenvalue weighted by Crippen LogP contribution is 2.31. The molecule has 1 aliphatic heterocycles. The summed E-state index contributed by atoms with van der Waals surface area (Å²) in [5.74, 6) is -0.174. The number of anilines is 1. The van der Waals surface area contributed by atoms with Gasteiger partial charge in [-0.25, -0.2) is 9.97 Å². The van der Waals surface area contributed by atoms with Crippen LogP contribution in [0.25, 0.3) is 5.57 Å². The van der Waals surface area contributed by atoms with Crippen LogP contribution in [0, 0.1) is 0 Å². The van der Waals surface area contributed by atoms with E-state index in [2.05, 4.69) is 15.3 Å². The first kappa shape index (κ1) is 11.4. The van der Waals surface area contributed by atoms with Crippen molar-refractivity contribution in [1.29, 1.82) is 0 Å². The summed E-state index contributed by atoms with van der Waals surface area (Å²) >= 11 is 0. The highest BCUT2D eigenvalue weighted by Gasteiger charge is 2.23. The van der Waals surface area contributed by atoms with E-state index >= 15 is 0 Å². The number of nitrogens with two attached hydrogens (primary N) is 1. The van der Waals surface area contributed by atoms with Crippen LogP contribution in [0.2, 0.25) is 0 Å². The molecule has 5 nitrogen and oxygen atoms in total. The summed E-state index contributed by atoms with van der Waals surface area (Å²) in [7, 11) is 0. The molecule has 0 saturated carbocycles. The van der Waals surface area contributed by atoms with Gasteiger partial charge in [0.15, 0.2) is 5.82 Å². The minimum absolute atomic E-state index is 0.344. The van der Waals surface area contributed by atoms with Crippen molar-refractivity contribution in [3.05, 3.63) is 59.8 Å². The predicted molar refractivity (Wildman–Crippen MR) is 71.9 cm³/mol. The predicted octanol–water partition coefficient (Wildman–Crippen LogP) is 1.34. The molecule has 0 saturated heterocycles. The molecule has 94 valence electrons. The quantitative estimate of drug-likeness (QED) is 0.790. The van der Waals surface area contributed by atoms with Crippen LogP contribution in [0.4, 0.5) is 5.69 Å². The van der Waals surface area contributed by atoms with E-state index < -0.39 is 5.91 Å². The zero-order valence-corrected chi connectivity index (χ0v) is 10.1. The molecule has 5 heteroatoms. The van der Waals surface area contributed by atoms with Crippen molar-refractivity contribution < 1.29 is 4.79 Å². The highest BCUT2D eigenvalue weighted by atomic mass is 16.1. The fourth-order valence-corrected chi connectivity index (χ4v) is 2.17. The third-order valence-electron chi connectivity index (χ3n) is 3.01. The van der Waals surface area contributed by atoms with Gasteiger partial charge in [-0.3, -0.25) is 4.79 Å². The molecular weight excluding hydrogens is 240 g/mol. The van der Waals surface area contributed by atoms with Gasteiger partial charge in [0, 0.05) is 30.2 Å². The number of benzene rings is 1. The van der Waals surface area contributed by atoms with Gasteiger partial charge in [0.25, 0.3) is 5.91 Å². The largest absolute Gasteiger partial charge is 0.365 e. The van der Waals surface area contributed by atoms with Crippen molar-refractivity contribution >= 4 is 17.2 Å². The minimum Gasteiger partial charge on any atom is -0.365 e. The topological polar surface area (TPSA) is 80.9 Å². The van der Waals surface area contributed by atoms with Gasteiger partial charge < -0.3 is 11.1 Å². The maximum absolute atomic E-state index is 11.7. The molecule has 0 atom stereocenters. The number of carbonyl (C=O) groups excluding carboxylic acids is 1. The van der Waals surface area contributed by atoms with Gasteiger partial charge in [0.05, 0.1) is 0 Å². The number of para-hydroxylation sites is 1. The van der Waals surface area contributed by atoms with E-state index in [0.29, 0.717) is 17.8 Å². The van der Waals surface area contributed by atoms with Gasteiger partial charge in [0.1, 0.15) is 5.57 Å². The molecule has 0 bridgehead atoms. The van der Waals surface area contributed by atoms with Crippen molar-refractivity contribution in [1.82, 2.24) is 9.97 Å². The Hall–Kier alpha value is -2.69. The zero-order chi connectivity index (χ0) is 13.2. The summed E-state index contributed by atoms with van der Waals surface area (Å²) in [6.45, 7) is 0. The van der Waals surface area contributed by atoms with Gasteiger partial charge in [-0.1, -0.05) is 18.2 Å². The highest BCUT2D eigenvalue weighted by molar-refractivity contribution is 6.19. The van der Waals surface area contributed by atoms with Crippen molar-refractivity contribution in [2.75, 3.05) is 5.32 Å². The van der Waals surface area contributed by atoms with E-state index in [4.69, 9.17) is 5.73 Å². The van der Waals surface area contributed by atoms with E-state index in [1.807, 2.05) is 24.3 Å². The molecule has 2 heterocycles. The summed E-state index contributed by atoms with van der Waals surface area (Å²) in [6.07, 6.45) is 3.81. The lowest BCUT2D eigenvalue weighted by molar-refractivity contribution is -0.112. The molecule has 0 spiro atoms. The molecule has 2 aromatic rings. The van der Waals surface area contributed by atoms with E-state index in [1.54, 1.807) is 18.5 Å². The van der Waals surface area contributed by atoms with E-state index in [9.17, 15) is 4.79 Å². The summed E-state index contributed by atoms with van der Waals surface area (Å²) in [4.78, 5) is 19.9. The van der Waals surface area contributed by atoms with E-state index in [-0.39, 0.29) is 0 Å². The Kier molecular flexibility index (Phi) is 2.72. The molecule has 3 N–H and O–H groups in total. The Morgan fingerprint density at radius 2 is 1.89 bits per heavy atom. The molecule has 3 rings (SSSR count). The molecule has 1 amide bonds. The Labute approximate surface area is 110 Å². The molecule has 1 aromatic carbocycles. The fraction of sp³-hybridized carbons (Fsp3) is 0.0714. The first-order valence-electron chi connectivity index (χ1n) is 5.91. The van der Waals surface area contributed by atoms with E-state index in [1.165, 1.54) is 0 Å². The second kappa shape index (κ2) is 4.53. The molecular formula is C14H12N4O. The van der Waals surface area contributed by atoms with Gasteiger partial charge in [-0.15, -0.1) is 0 Å². The first-order valence-corrected chi connectivity index (χ1v) is 5.91. The summed E-state index contributed by atoms with van der Waals surface area (Å²) in [6, 6.07) is 9.58. The number of amides is 1. The number of aromatic nitrogens is 2. The van der Waals surface area contributed by atoms with Gasteiger partial charge in [0.2, 0.25) is 0 Å². The summed E-state index contributed by atoms with van der Waals surface area (Å²) in [5, 5.41) is 3.21. The van der Waals surface area contributed by atoms with Crippen LogP contribution < -0.4 is 11.1 Å². The average Bonchev–Trinajstić information content (AvgIpc) is 2.82. The number of nitrogens with zero attached hydrogens (tertiary/aromatic N) is 2. The van der Waals surface area contributed by atoms with Crippen LogP contribution >= 0.6 is 0 Å². The normalized spacial score (nSPS) is 15.6. The van der Waals surface area contributed by atoms with Gasteiger partial charge >= 0.3 is 0 Å². The van der Waals surface area contributed by atoms with Gasteiger partial charge in [-0.05, 0) is 17.7 Å². The Bertz CT molecular complexity index is 637. The Morgan fingerprint density at radius 3 is 2.58 bits per heavy atom. The second-order valence-electron chi connectivity index (χ2n) is 4.25. The maximum Gasteiger partial charge on any atom is 0.254 e. The van der Waals surface area contributed by atoms with Crippen LogP contribution in [-0.2, 0) is 11.2 Å². The van der Waals surface area contributed by atoms with Crippen LogP contribution in [0.15, 0.2) is 48.4 Å². The number of rotatable bonds is 2. The average molecular weight is 252 g/mol. The summed E-state index contributed by atoms with van der Waals surface area (Å²) in [5.41, 5.74) is 8.69. The summed E-state index contributed by atoms with van der Waals surface area (Å²) < 4.78 is 0. The standard InChI is InChI=1S/C14H12N4O/c15-13(19)12(14-16-6-3-7-17-14)11-8-9-4-1-2-5-10(9)18-11/h1-7,18H,8H2,(H2,15,19)/b12-11+. The Morgan fingerprint density at radius 1 is 1.16 bits per heavy atom. The first-order chi connectivity index (χ1) is 9.25.